The number of carbonyl (C=O) groups excluding carboxylic acids is 1. The van der Waals surface area contributed by atoms with Crippen molar-refractivity contribution in [2.75, 3.05) is 6.61 Å². The van der Waals surface area contributed by atoms with E-state index in [9.17, 15) is 4.79 Å². The highest BCUT2D eigenvalue weighted by atomic mass is 35.5. The normalized spacial score (nSPS) is 24.6. The number of rotatable bonds is 3. The Morgan fingerprint density at radius 3 is 2.78 bits per heavy atom. The minimum Gasteiger partial charge on any atom is -0.375 e. The fourth-order valence-corrected chi connectivity index (χ4v) is 7.89. The number of fused-ring (bicyclic) bond motifs is 6. The monoisotopic (exact) mass is 535 g/mol. The quantitative estimate of drug-likeness (QED) is 0.516. The highest BCUT2D eigenvalue weighted by molar-refractivity contribution is 7.15. The summed E-state index contributed by atoms with van der Waals surface area (Å²) in [6.07, 6.45) is 5.03. The molecule has 2 aliphatic carbocycles. The van der Waals surface area contributed by atoms with Crippen LogP contribution in [-0.2, 0) is 27.9 Å². The summed E-state index contributed by atoms with van der Waals surface area (Å²) in [5, 5.41) is 14.2. The Bertz CT molecular complexity index is 1470. The molecule has 2 aromatic heterocycles. The molecule has 1 aromatic carbocycles. The number of aromatic nitrogens is 3. The van der Waals surface area contributed by atoms with Crippen molar-refractivity contribution in [2.45, 2.75) is 76.5 Å². The second kappa shape index (κ2) is 8.22. The van der Waals surface area contributed by atoms with Gasteiger partial charge in [0, 0.05) is 39.6 Å². The van der Waals surface area contributed by atoms with Crippen LogP contribution in [0.1, 0.15) is 72.7 Å². The predicted molar refractivity (Wildman–Crippen MR) is 144 cm³/mol. The van der Waals surface area contributed by atoms with Gasteiger partial charge in [-0.05, 0) is 70.9 Å². The molecule has 0 radical (unpaired) electrons. The highest BCUT2D eigenvalue weighted by Crippen LogP contribution is 2.54. The molecule has 37 heavy (non-hydrogen) atoms. The van der Waals surface area contributed by atoms with E-state index in [1.165, 1.54) is 10.4 Å². The number of benzene rings is 1. The zero-order chi connectivity index (χ0) is 25.5. The molecule has 4 aliphatic rings. The number of aliphatic imine (C=N–C) groups is 1. The summed E-state index contributed by atoms with van der Waals surface area (Å²) in [5.74, 6) is 1.85. The van der Waals surface area contributed by atoms with Gasteiger partial charge in [-0.3, -0.25) is 14.4 Å². The topological polar surface area (TPSA) is 81.4 Å². The minimum absolute atomic E-state index is 0.0791. The van der Waals surface area contributed by atoms with Gasteiger partial charge in [0.05, 0.1) is 11.3 Å². The average Bonchev–Trinajstić information content (AvgIpc) is 3.18. The average molecular weight is 536 g/mol. The molecule has 3 aromatic rings. The molecule has 1 saturated heterocycles. The first-order valence-corrected chi connectivity index (χ1v) is 14.3. The van der Waals surface area contributed by atoms with Crippen molar-refractivity contribution in [2.24, 2.45) is 10.9 Å². The zero-order valence-corrected chi connectivity index (χ0v) is 22.9. The number of ether oxygens (including phenoxy) is 1. The molecule has 192 valence electrons. The number of amides is 1. The van der Waals surface area contributed by atoms with E-state index in [4.69, 9.17) is 21.3 Å². The lowest BCUT2D eigenvalue weighted by Gasteiger charge is -2.36. The fourth-order valence-electron chi connectivity index (χ4n) is 6.21. The van der Waals surface area contributed by atoms with Crippen LogP contribution in [0.25, 0.3) is 5.00 Å². The van der Waals surface area contributed by atoms with Crippen molar-refractivity contribution in [1.29, 1.82) is 0 Å². The van der Waals surface area contributed by atoms with Gasteiger partial charge in [-0.15, -0.1) is 21.5 Å². The van der Waals surface area contributed by atoms with Crippen LogP contribution in [0.4, 0.5) is 0 Å². The number of nitrogens with one attached hydrogen (secondary N) is 1. The summed E-state index contributed by atoms with van der Waals surface area (Å²) in [4.78, 5) is 20.1. The molecule has 2 aliphatic heterocycles. The number of nitrogens with zero attached hydrogens (tertiary/aromatic N) is 4. The first-order valence-electron chi connectivity index (χ1n) is 13.1. The smallest absolute Gasteiger partial charge is 0.224 e. The lowest BCUT2D eigenvalue weighted by Crippen LogP contribution is -2.47. The van der Waals surface area contributed by atoms with Gasteiger partial charge in [-0.25, -0.2) is 0 Å². The molecule has 1 spiro atoms. The van der Waals surface area contributed by atoms with Gasteiger partial charge in [0.25, 0.3) is 0 Å². The summed E-state index contributed by atoms with van der Waals surface area (Å²) in [6, 6.07) is 8.09. The van der Waals surface area contributed by atoms with Crippen molar-refractivity contribution in [3.63, 3.8) is 0 Å². The number of hydrogen-bond acceptors (Lipinski definition) is 6. The van der Waals surface area contributed by atoms with E-state index in [0.717, 1.165) is 65.6 Å². The van der Waals surface area contributed by atoms with Crippen molar-refractivity contribution >= 4 is 34.6 Å². The molecule has 1 amide bonds. The Morgan fingerprint density at radius 1 is 1.22 bits per heavy atom. The molecule has 0 bridgehead atoms. The van der Waals surface area contributed by atoms with Gasteiger partial charge in [-0.2, -0.15) is 0 Å². The maximum absolute atomic E-state index is 13.4. The molecule has 1 saturated carbocycles. The second-order valence-corrected chi connectivity index (χ2v) is 13.0. The third-order valence-corrected chi connectivity index (χ3v) is 9.80. The summed E-state index contributed by atoms with van der Waals surface area (Å²) in [6.45, 7) is 6.88. The third-order valence-electron chi connectivity index (χ3n) is 8.23. The lowest BCUT2D eigenvalue weighted by molar-refractivity contribution is -0.127. The summed E-state index contributed by atoms with van der Waals surface area (Å²) in [7, 11) is 0. The molecule has 2 atom stereocenters. The fraction of sp³-hybridized carbons (Fsp3) is 0.500. The van der Waals surface area contributed by atoms with Crippen molar-refractivity contribution in [1.82, 2.24) is 20.1 Å². The van der Waals surface area contributed by atoms with Crippen LogP contribution in [0.15, 0.2) is 29.3 Å². The van der Waals surface area contributed by atoms with Gasteiger partial charge >= 0.3 is 0 Å². The number of carbonyl (C=O) groups is 1. The van der Waals surface area contributed by atoms with Crippen LogP contribution in [-0.4, -0.2) is 44.6 Å². The van der Waals surface area contributed by atoms with Gasteiger partial charge in [0.15, 0.2) is 5.82 Å². The van der Waals surface area contributed by atoms with E-state index in [1.54, 1.807) is 11.3 Å². The van der Waals surface area contributed by atoms with Crippen LogP contribution >= 0.6 is 22.9 Å². The van der Waals surface area contributed by atoms with E-state index in [2.05, 4.69) is 40.0 Å². The molecule has 7 rings (SSSR count). The first kappa shape index (κ1) is 23.6. The highest BCUT2D eigenvalue weighted by Gasteiger charge is 2.52. The van der Waals surface area contributed by atoms with Gasteiger partial charge < -0.3 is 10.1 Å². The molecule has 4 heterocycles. The Hall–Kier alpha value is -2.55. The summed E-state index contributed by atoms with van der Waals surface area (Å²) in [5.41, 5.74) is 3.63. The van der Waals surface area contributed by atoms with Crippen LogP contribution in [0.2, 0.25) is 5.02 Å². The number of halogens is 1. The Labute approximate surface area is 225 Å². The standard InChI is InChI=1S/C28H30ClN5O2S/c1-15-32-33-26-28(9-10-28)31-23(18-6-4-5-7-20(18)29)22-19-12-16(13-21(19)37-25(22)34(15)26)24(35)30-17-8-11-36-27(2,3)14-17/h4-7,16-17H,8-14H2,1-3H3,(H,30,35)/t16-,17?/m0/s1. The van der Waals surface area contributed by atoms with Crippen LogP contribution < -0.4 is 5.32 Å². The van der Waals surface area contributed by atoms with E-state index in [-0.39, 0.29) is 29.0 Å². The molecule has 1 N–H and O–H groups in total. The van der Waals surface area contributed by atoms with Crippen molar-refractivity contribution in [3.8, 4) is 5.00 Å². The van der Waals surface area contributed by atoms with Gasteiger partial charge in [-0.1, -0.05) is 29.8 Å². The maximum Gasteiger partial charge on any atom is 0.224 e. The summed E-state index contributed by atoms with van der Waals surface area (Å²) >= 11 is 8.51. The van der Waals surface area contributed by atoms with Gasteiger partial charge in [0.1, 0.15) is 16.4 Å². The van der Waals surface area contributed by atoms with E-state index in [1.807, 2.05) is 25.1 Å². The second-order valence-electron chi connectivity index (χ2n) is 11.5. The molecule has 7 nitrogen and oxygen atoms in total. The minimum atomic E-state index is -0.355. The van der Waals surface area contributed by atoms with Crippen LogP contribution in [0.3, 0.4) is 0 Å². The Balaban J connectivity index is 1.28. The molecular weight excluding hydrogens is 506 g/mol. The molecule has 2 fully saturated rings. The van der Waals surface area contributed by atoms with Crippen molar-refractivity contribution < 1.29 is 9.53 Å². The largest absolute Gasteiger partial charge is 0.375 e. The van der Waals surface area contributed by atoms with Crippen LogP contribution in [0.5, 0.6) is 0 Å². The summed E-state index contributed by atoms with van der Waals surface area (Å²) < 4.78 is 8.05. The van der Waals surface area contributed by atoms with Gasteiger partial charge in [0.2, 0.25) is 5.91 Å². The van der Waals surface area contributed by atoms with Crippen molar-refractivity contribution in [3.05, 3.63) is 62.5 Å². The van der Waals surface area contributed by atoms with E-state index < -0.39 is 0 Å². The SMILES string of the molecule is Cc1nnc2n1-c1sc3c(c1C(c1ccccc1Cl)=NC21CC1)C[C@H](C(=O)NC1CCOC(C)(C)C1)C3. The number of thiophene rings is 1. The third kappa shape index (κ3) is 3.79. The molecule has 1 unspecified atom stereocenters. The number of aryl methyl sites for hydroxylation is 1. The molecule has 9 heteroatoms. The lowest BCUT2D eigenvalue weighted by atomic mass is 9.93. The predicted octanol–water partition coefficient (Wildman–Crippen LogP) is 4.92. The first-order chi connectivity index (χ1) is 17.7. The van der Waals surface area contributed by atoms with E-state index in [0.29, 0.717) is 18.1 Å². The van der Waals surface area contributed by atoms with E-state index >= 15 is 0 Å². The van der Waals surface area contributed by atoms with Crippen LogP contribution in [0, 0.1) is 12.8 Å². The maximum atomic E-state index is 13.4. The number of hydrogen-bond donors (Lipinski definition) is 1. The molecular formula is C28H30ClN5O2S. The Morgan fingerprint density at radius 2 is 2.03 bits per heavy atom. The zero-order valence-electron chi connectivity index (χ0n) is 21.3. The Kier molecular flexibility index (Phi) is 5.24.